The highest BCUT2D eigenvalue weighted by atomic mass is 35.5. The number of hydrogen-bond acceptors (Lipinski definition) is 5. The number of hydrogen-bond donors (Lipinski definition) is 0. The van der Waals surface area contributed by atoms with Gasteiger partial charge in [0.2, 0.25) is 0 Å². The van der Waals surface area contributed by atoms with E-state index in [9.17, 15) is 4.79 Å². The largest absolute Gasteiger partial charge is 0.494 e. The fourth-order valence-electron chi connectivity index (χ4n) is 3.93. The summed E-state index contributed by atoms with van der Waals surface area (Å²) >= 11 is 12.1. The number of benzene rings is 2. The lowest BCUT2D eigenvalue weighted by Gasteiger charge is -2.36. The van der Waals surface area contributed by atoms with Gasteiger partial charge in [0.05, 0.1) is 12.1 Å². The van der Waals surface area contributed by atoms with E-state index in [1.807, 2.05) is 17.0 Å². The number of carbonyl (C=O) groups excluding carboxylic acids is 1. The molecule has 1 amide bonds. The number of halogens is 2. The molecule has 0 spiro atoms. The highest BCUT2D eigenvalue weighted by molar-refractivity contribution is 6.35. The first-order valence-electron chi connectivity index (χ1n) is 10.5. The molecule has 1 aromatic heterocycles. The average Bonchev–Trinajstić information content (AvgIpc) is 2.80. The van der Waals surface area contributed by atoms with Gasteiger partial charge in [-0.1, -0.05) is 35.3 Å². The van der Waals surface area contributed by atoms with Crippen LogP contribution in [0.1, 0.15) is 12.5 Å². The van der Waals surface area contributed by atoms with Crippen molar-refractivity contribution < 1.29 is 14.3 Å². The van der Waals surface area contributed by atoms with Gasteiger partial charge >= 0.3 is 0 Å². The summed E-state index contributed by atoms with van der Waals surface area (Å²) in [6.45, 7) is 6.37. The first kappa shape index (κ1) is 22.5. The van der Waals surface area contributed by atoms with Crippen molar-refractivity contribution in [1.82, 2.24) is 9.88 Å². The van der Waals surface area contributed by atoms with Crippen LogP contribution in [0, 0.1) is 6.92 Å². The maximum Gasteiger partial charge on any atom is 0.263 e. The third-order valence-corrected chi connectivity index (χ3v) is 6.21. The second-order valence-electron chi connectivity index (χ2n) is 7.80. The summed E-state index contributed by atoms with van der Waals surface area (Å²) in [6, 6.07) is 13.0. The van der Waals surface area contributed by atoms with Crippen LogP contribution in [0.2, 0.25) is 10.0 Å². The highest BCUT2D eigenvalue weighted by Gasteiger charge is 2.27. The molecule has 0 N–H and O–H groups in total. The molecule has 0 saturated carbocycles. The molecule has 0 radical (unpaired) electrons. The van der Waals surface area contributed by atoms with Crippen molar-refractivity contribution in [3.63, 3.8) is 0 Å². The number of nitrogens with zero attached hydrogens (tertiary/aromatic N) is 3. The van der Waals surface area contributed by atoms with E-state index in [-0.39, 0.29) is 5.91 Å². The molecule has 4 rings (SSSR count). The van der Waals surface area contributed by atoms with Gasteiger partial charge in [0.15, 0.2) is 6.10 Å². The number of piperazine rings is 1. The Kier molecular flexibility index (Phi) is 6.63. The van der Waals surface area contributed by atoms with E-state index in [1.165, 1.54) is 0 Å². The summed E-state index contributed by atoms with van der Waals surface area (Å²) in [6.07, 6.45) is -0.648. The number of methoxy groups -OCH3 is 1. The number of para-hydroxylation sites is 1. The molecule has 6 nitrogen and oxygen atoms in total. The van der Waals surface area contributed by atoms with Crippen LogP contribution in [0.5, 0.6) is 11.5 Å². The van der Waals surface area contributed by atoms with E-state index >= 15 is 0 Å². The summed E-state index contributed by atoms with van der Waals surface area (Å²) in [5.74, 6) is 2.03. The minimum Gasteiger partial charge on any atom is -0.494 e. The van der Waals surface area contributed by atoms with Crippen LogP contribution in [0.25, 0.3) is 10.9 Å². The van der Waals surface area contributed by atoms with Gasteiger partial charge in [0.1, 0.15) is 22.8 Å². The minimum absolute atomic E-state index is 0.0695. The van der Waals surface area contributed by atoms with E-state index in [4.69, 9.17) is 37.7 Å². The molecule has 1 atom stereocenters. The average molecular weight is 474 g/mol. The zero-order chi connectivity index (χ0) is 22.8. The maximum atomic E-state index is 12.9. The first-order valence-corrected chi connectivity index (χ1v) is 11.2. The zero-order valence-corrected chi connectivity index (χ0v) is 19.8. The number of aryl methyl sites for hydroxylation is 1. The normalized spacial score (nSPS) is 15.0. The van der Waals surface area contributed by atoms with Crippen LogP contribution in [0.15, 0.2) is 42.5 Å². The van der Waals surface area contributed by atoms with Crippen LogP contribution >= 0.6 is 23.2 Å². The Bertz CT molecular complexity index is 1150. The van der Waals surface area contributed by atoms with Crippen molar-refractivity contribution in [2.24, 2.45) is 0 Å². The monoisotopic (exact) mass is 473 g/mol. The summed E-state index contributed by atoms with van der Waals surface area (Å²) in [4.78, 5) is 21.8. The Labute approximate surface area is 197 Å². The molecular weight excluding hydrogens is 449 g/mol. The van der Waals surface area contributed by atoms with Gasteiger partial charge in [-0.25, -0.2) is 4.98 Å². The molecule has 2 aromatic carbocycles. The molecule has 32 heavy (non-hydrogen) atoms. The third kappa shape index (κ3) is 4.57. The number of rotatable bonds is 5. The number of ether oxygens (including phenoxy) is 2. The van der Waals surface area contributed by atoms with Crippen LogP contribution < -0.4 is 14.4 Å². The lowest BCUT2D eigenvalue weighted by Crippen LogP contribution is -2.52. The first-order chi connectivity index (χ1) is 15.4. The van der Waals surface area contributed by atoms with E-state index < -0.39 is 6.10 Å². The molecule has 1 unspecified atom stereocenters. The fraction of sp³-hybridized carbons (Fsp3) is 0.333. The lowest BCUT2D eigenvalue weighted by molar-refractivity contribution is -0.138. The molecule has 1 saturated heterocycles. The van der Waals surface area contributed by atoms with E-state index in [1.54, 1.807) is 32.2 Å². The minimum atomic E-state index is -0.648. The van der Waals surface area contributed by atoms with E-state index in [2.05, 4.69) is 24.0 Å². The number of pyridine rings is 1. The summed E-state index contributed by atoms with van der Waals surface area (Å²) < 4.78 is 11.3. The molecule has 2 heterocycles. The lowest BCUT2D eigenvalue weighted by atomic mass is 10.1. The predicted molar refractivity (Wildman–Crippen MR) is 128 cm³/mol. The number of fused-ring (bicyclic) bond motifs is 1. The van der Waals surface area contributed by atoms with Gasteiger partial charge in [-0.15, -0.1) is 0 Å². The molecule has 8 heteroatoms. The van der Waals surface area contributed by atoms with Crippen molar-refractivity contribution in [3.8, 4) is 11.5 Å². The Hall–Kier alpha value is -2.70. The van der Waals surface area contributed by atoms with Gasteiger partial charge in [0.25, 0.3) is 5.91 Å². The molecule has 168 valence electrons. The van der Waals surface area contributed by atoms with Crippen molar-refractivity contribution in [2.75, 3.05) is 38.2 Å². The standard InChI is InChI=1S/C24H25Cl2N3O3/c1-15-13-22(27-23-18(15)5-4-6-21(23)31-3)28-9-11-29(12-10-28)24(30)16(2)32-20-8-7-17(25)14-19(20)26/h4-8,13-14,16H,9-12H2,1-3H3. The topological polar surface area (TPSA) is 54.9 Å². The van der Waals surface area contributed by atoms with E-state index in [0.29, 0.717) is 42.0 Å². The zero-order valence-electron chi connectivity index (χ0n) is 18.3. The Morgan fingerprint density at radius 1 is 1.06 bits per heavy atom. The number of aromatic nitrogens is 1. The van der Waals surface area contributed by atoms with Crippen LogP contribution in [0.4, 0.5) is 5.82 Å². The molecule has 1 aliphatic rings. The molecule has 0 bridgehead atoms. The number of anilines is 1. The molecule has 1 fully saturated rings. The number of amides is 1. The van der Waals surface area contributed by atoms with Gasteiger partial charge < -0.3 is 19.3 Å². The van der Waals surface area contributed by atoms with Crippen molar-refractivity contribution in [2.45, 2.75) is 20.0 Å². The van der Waals surface area contributed by atoms with Crippen molar-refractivity contribution >= 4 is 45.8 Å². The SMILES string of the molecule is COc1cccc2c(C)cc(N3CCN(C(=O)C(C)Oc4ccc(Cl)cc4Cl)CC3)nc12. The van der Waals surface area contributed by atoms with Gasteiger partial charge in [-0.3, -0.25) is 4.79 Å². The van der Waals surface area contributed by atoms with Crippen LogP contribution in [-0.2, 0) is 4.79 Å². The van der Waals surface area contributed by atoms with Gasteiger partial charge in [-0.05, 0) is 49.7 Å². The summed E-state index contributed by atoms with van der Waals surface area (Å²) in [5.41, 5.74) is 2.00. The van der Waals surface area contributed by atoms with Crippen LogP contribution in [0.3, 0.4) is 0 Å². The van der Waals surface area contributed by atoms with Gasteiger partial charge in [0, 0.05) is 36.6 Å². The Morgan fingerprint density at radius 2 is 1.81 bits per heavy atom. The Morgan fingerprint density at radius 3 is 2.50 bits per heavy atom. The second kappa shape index (κ2) is 9.43. The molecule has 0 aliphatic carbocycles. The van der Waals surface area contributed by atoms with Crippen molar-refractivity contribution in [3.05, 3.63) is 58.1 Å². The van der Waals surface area contributed by atoms with Crippen molar-refractivity contribution in [1.29, 1.82) is 0 Å². The van der Waals surface area contributed by atoms with E-state index in [0.717, 1.165) is 28.0 Å². The molecular formula is C24H25Cl2N3O3. The van der Waals surface area contributed by atoms with Gasteiger partial charge in [-0.2, -0.15) is 0 Å². The quantitative estimate of drug-likeness (QED) is 0.523. The Balaban J connectivity index is 1.43. The summed E-state index contributed by atoms with van der Waals surface area (Å²) in [5, 5.41) is 1.98. The smallest absolute Gasteiger partial charge is 0.263 e. The predicted octanol–water partition coefficient (Wildman–Crippen LogP) is 4.97. The number of carbonyl (C=O) groups is 1. The summed E-state index contributed by atoms with van der Waals surface area (Å²) in [7, 11) is 1.66. The third-order valence-electron chi connectivity index (χ3n) is 5.68. The fourth-order valence-corrected chi connectivity index (χ4v) is 4.38. The molecule has 1 aliphatic heterocycles. The molecule has 3 aromatic rings. The second-order valence-corrected chi connectivity index (χ2v) is 8.64. The maximum absolute atomic E-state index is 12.9. The van der Waals surface area contributed by atoms with Crippen LogP contribution in [-0.4, -0.2) is 55.2 Å². The highest BCUT2D eigenvalue weighted by Crippen LogP contribution is 2.30.